The highest BCUT2D eigenvalue weighted by Crippen LogP contribution is 2.42. The molecule has 0 spiro atoms. The lowest BCUT2D eigenvalue weighted by Crippen LogP contribution is -2.04. The lowest BCUT2D eigenvalue weighted by molar-refractivity contribution is 0.755. The predicted octanol–water partition coefficient (Wildman–Crippen LogP) is 0.999. The van der Waals surface area contributed by atoms with Gasteiger partial charge in [-0.05, 0) is 12.8 Å². The molecule has 0 saturated heterocycles. The Morgan fingerprint density at radius 2 is 2.14 bits per heavy atom. The molecule has 4 nitrogen and oxygen atoms in total. The molecule has 0 unspecified atom stereocenters. The summed E-state index contributed by atoms with van der Waals surface area (Å²) in [5.41, 5.74) is 3.82. The molecule has 2 N–H and O–H groups in total. The molecule has 14 heavy (non-hydrogen) atoms. The van der Waals surface area contributed by atoms with Gasteiger partial charge in [0.05, 0.1) is 11.4 Å². The number of aromatic nitrogens is 2. The van der Waals surface area contributed by atoms with Gasteiger partial charge in [-0.2, -0.15) is 0 Å². The van der Waals surface area contributed by atoms with Crippen molar-refractivity contribution in [2.24, 2.45) is 0 Å². The molecule has 1 saturated carbocycles. The van der Waals surface area contributed by atoms with E-state index in [4.69, 9.17) is 0 Å². The van der Waals surface area contributed by atoms with Crippen molar-refractivity contribution in [1.29, 1.82) is 0 Å². The minimum atomic E-state index is 0.707. The SMILES string of the molecule is CNc1nc2c(c(C3CC3)n1)CNC2. The van der Waals surface area contributed by atoms with Gasteiger partial charge < -0.3 is 10.6 Å². The fourth-order valence-corrected chi connectivity index (χ4v) is 2.00. The summed E-state index contributed by atoms with van der Waals surface area (Å²) in [6, 6.07) is 0. The Balaban J connectivity index is 2.11. The maximum atomic E-state index is 4.56. The minimum Gasteiger partial charge on any atom is -0.357 e. The molecule has 3 rings (SSSR count). The lowest BCUT2D eigenvalue weighted by atomic mass is 10.1. The van der Waals surface area contributed by atoms with Crippen molar-refractivity contribution in [2.75, 3.05) is 12.4 Å². The summed E-state index contributed by atoms with van der Waals surface area (Å²) >= 11 is 0. The molecule has 2 heterocycles. The molecule has 74 valence electrons. The van der Waals surface area contributed by atoms with Crippen LogP contribution < -0.4 is 10.6 Å². The van der Waals surface area contributed by atoms with Crippen LogP contribution in [-0.4, -0.2) is 17.0 Å². The topological polar surface area (TPSA) is 49.8 Å². The maximum absolute atomic E-state index is 4.56. The van der Waals surface area contributed by atoms with Crippen molar-refractivity contribution < 1.29 is 0 Å². The zero-order valence-electron chi connectivity index (χ0n) is 8.30. The Kier molecular flexibility index (Phi) is 1.70. The Morgan fingerprint density at radius 1 is 1.29 bits per heavy atom. The quantitative estimate of drug-likeness (QED) is 0.730. The third-order valence-electron chi connectivity index (χ3n) is 2.91. The Labute approximate surface area is 83.1 Å². The van der Waals surface area contributed by atoms with E-state index in [1.807, 2.05) is 7.05 Å². The summed E-state index contributed by atoms with van der Waals surface area (Å²) in [6.07, 6.45) is 2.60. The molecular formula is C10H14N4. The summed E-state index contributed by atoms with van der Waals surface area (Å²) < 4.78 is 0. The molecule has 1 aliphatic carbocycles. The number of nitrogens with one attached hydrogen (secondary N) is 2. The van der Waals surface area contributed by atoms with Crippen LogP contribution in [0.5, 0.6) is 0 Å². The van der Waals surface area contributed by atoms with Gasteiger partial charge in [0.25, 0.3) is 0 Å². The van der Waals surface area contributed by atoms with E-state index in [9.17, 15) is 0 Å². The van der Waals surface area contributed by atoms with Crippen LogP contribution in [0.4, 0.5) is 5.95 Å². The van der Waals surface area contributed by atoms with Gasteiger partial charge >= 0.3 is 0 Å². The van der Waals surface area contributed by atoms with Crippen LogP contribution in [0.1, 0.15) is 35.7 Å². The van der Waals surface area contributed by atoms with E-state index in [1.165, 1.54) is 29.8 Å². The van der Waals surface area contributed by atoms with Crippen molar-refractivity contribution in [3.8, 4) is 0 Å². The Hall–Kier alpha value is -1.16. The molecule has 0 atom stereocenters. The molecule has 1 fully saturated rings. The zero-order valence-corrected chi connectivity index (χ0v) is 8.30. The van der Waals surface area contributed by atoms with Gasteiger partial charge in [0.2, 0.25) is 5.95 Å². The molecule has 0 aromatic carbocycles. The summed E-state index contributed by atoms with van der Waals surface area (Å²) in [7, 11) is 1.88. The third-order valence-corrected chi connectivity index (χ3v) is 2.91. The van der Waals surface area contributed by atoms with Crippen LogP contribution >= 0.6 is 0 Å². The highest BCUT2D eigenvalue weighted by molar-refractivity contribution is 5.39. The average Bonchev–Trinajstić information content (AvgIpc) is 2.95. The van der Waals surface area contributed by atoms with Crippen LogP contribution in [-0.2, 0) is 13.1 Å². The maximum Gasteiger partial charge on any atom is 0.222 e. The van der Waals surface area contributed by atoms with Crippen molar-refractivity contribution in [3.05, 3.63) is 17.0 Å². The second kappa shape index (κ2) is 2.92. The number of nitrogens with zero attached hydrogens (tertiary/aromatic N) is 2. The monoisotopic (exact) mass is 190 g/mol. The number of anilines is 1. The number of rotatable bonds is 2. The average molecular weight is 190 g/mol. The van der Waals surface area contributed by atoms with Crippen LogP contribution in [0.25, 0.3) is 0 Å². The largest absolute Gasteiger partial charge is 0.357 e. The van der Waals surface area contributed by atoms with Gasteiger partial charge in [-0.1, -0.05) is 0 Å². The van der Waals surface area contributed by atoms with Gasteiger partial charge in [-0.25, -0.2) is 9.97 Å². The van der Waals surface area contributed by atoms with Gasteiger partial charge in [-0.15, -0.1) is 0 Å². The molecule has 1 aromatic rings. The first-order valence-corrected chi connectivity index (χ1v) is 5.16. The number of fused-ring (bicyclic) bond motifs is 1. The number of hydrogen-bond acceptors (Lipinski definition) is 4. The lowest BCUT2D eigenvalue weighted by Gasteiger charge is -2.07. The molecule has 4 heteroatoms. The van der Waals surface area contributed by atoms with Crippen LogP contribution in [0.15, 0.2) is 0 Å². The van der Waals surface area contributed by atoms with Crippen molar-refractivity contribution >= 4 is 5.95 Å². The number of hydrogen-bond donors (Lipinski definition) is 2. The first-order valence-electron chi connectivity index (χ1n) is 5.16. The van der Waals surface area contributed by atoms with Crippen molar-refractivity contribution in [2.45, 2.75) is 31.8 Å². The van der Waals surface area contributed by atoms with E-state index in [0.29, 0.717) is 5.92 Å². The Bertz CT molecular complexity index is 371. The molecule has 0 bridgehead atoms. The molecular weight excluding hydrogens is 176 g/mol. The van der Waals surface area contributed by atoms with Crippen molar-refractivity contribution in [1.82, 2.24) is 15.3 Å². The normalized spacial score (nSPS) is 19.5. The van der Waals surface area contributed by atoms with Crippen LogP contribution in [0.3, 0.4) is 0 Å². The summed E-state index contributed by atoms with van der Waals surface area (Å²) in [4.78, 5) is 9.02. The summed E-state index contributed by atoms with van der Waals surface area (Å²) in [6.45, 7) is 1.84. The van der Waals surface area contributed by atoms with Crippen LogP contribution in [0.2, 0.25) is 0 Å². The molecule has 0 radical (unpaired) electrons. The van der Waals surface area contributed by atoms with Crippen LogP contribution in [0, 0.1) is 0 Å². The van der Waals surface area contributed by atoms with E-state index in [1.54, 1.807) is 0 Å². The molecule has 1 aliphatic heterocycles. The zero-order chi connectivity index (χ0) is 9.54. The smallest absolute Gasteiger partial charge is 0.222 e. The van der Waals surface area contributed by atoms with E-state index in [2.05, 4.69) is 20.6 Å². The summed E-state index contributed by atoms with van der Waals surface area (Å²) in [5, 5.41) is 6.36. The van der Waals surface area contributed by atoms with Gasteiger partial charge in [-0.3, -0.25) is 0 Å². The molecule has 1 aromatic heterocycles. The first kappa shape index (κ1) is 8.17. The third kappa shape index (κ3) is 1.18. The van der Waals surface area contributed by atoms with Crippen molar-refractivity contribution in [3.63, 3.8) is 0 Å². The second-order valence-electron chi connectivity index (χ2n) is 3.99. The fraction of sp³-hybridized carbons (Fsp3) is 0.600. The highest BCUT2D eigenvalue weighted by Gasteiger charge is 2.31. The summed E-state index contributed by atoms with van der Waals surface area (Å²) in [5.74, 6) is 1.48. The highest BCUT2D eigenvalue weighted by atomic mass is 15.1. The molecule has 2 aliphatic rings. The first-order chi connectivity index (χ1) is 6.88. The van der Waals surface area contributed by atoms with Gasteiger partial charge in [0.15, 0.2) is 0 Å². The standard InChI is InChI=1S/C10H14N4/c1-11-10-13-8-5-12-4-7(8)9(14-10)6-2-3-6/h6,12H,2-5H2,1H3,(H,11,13,14). The van der Waals surface area contributed by atoms with Gasteiger partial charge in [0.1, 0.15) is 0 Å². The van der Waals surface area contributed by atoms with E-state index in [-0.39, 0.29) is 0 Å². The van der Waals surface area contributed by atoms with E-state index < -0.39 is 0 Å². The minimum absolute atomic E-state index is 0.707. The predicted molar refractivity (Wildman–Crippen MR) is 54.1 cm³/mol. The fourth-order valence-electron chi connectivity index (χ4n) is 2.00. The molecule has 0 amide bonds. The second-order valence-corrected chi connectivity index (χ2v) is 3.99. The van der Waals surface area contributed by atoms with E-state index >= 15 is 0 Å². The Morgan fingerprint density at radius 3 is 2.86 bits per heavy atom. The van der Waals surface area contributed by atoms with Gasteiger partial charge in [0, 0.05) is 31.6 Å². The van der Waals surface area contributed by atoms with E-state index in [0.717, 1.165) is 19.0 Å².